The zero-order chi connectivity index (χ0) is 26.7. The third-order valence-electron chi connectivity index (χ3n) is 7.96. The van der Waals surface area contributed by atoms with Crippen molar-refractivity contribution in [1.29, 1.82) is 0 Å². The predicted octanol–water partition coefficient (Wildman–Crippen LogP) is 4.76. The molecule has 1 aliphatic carbocycles. The average molecular weight is 528 g/mol. The summed E-state index contributed by atoms with van der Waals surface area (Å²) in [7, 11) is 0. The van der Waals surface area contributed by atoms with E-state index in [1.165, 1.54) is 0 Å². The van der Waals surface area contributed by atoms with Crippen molar-refractivity contribution in [3.63, 3.8) is 0 Å². The van der Waals surface area contributed by atoms with Crippen LogP contribution in [0.25, 0.3) is 50.5 Å². The lowest BCUT2D eigenvalue weighted by atomic mass is 9.68. The van der Waals surface area contributed by atoms with Gasteiger partial charge < -0.3 is 15.2 Å². The molecule has 1 spiro atoms. The summed E-state index contributed by atoms with van der Waals surface area (Å²) in [5.41, 5.74) is 13.6. The van der Waals surface area contributed by atoms with Crippen LogP contribution < -0.4 is 5.73 Å². The van der Waals surface area contributed by atoms with Gasteiger partial charge in [0.15, 0.2) is 17.3 Å². The normalized spacial score (nSPS) is 17.4. The fourth-order valence-electron chi connectivity index (χ4n) is 6.02. The summed E-state index contributed by atoms with van der Waals surface area (Å²) in [5, 5.41) is 9.84. The fourth-order valence-corrected chi connectivity index (χ4v) is 6.02. The maximum absolute atomic E-state index is 6.76. The van der Waals surface area contributed by atoms with E-state index in [1.807, 2.05) is 34.9 Å². The van der Waals surface area contributed by atoms with Crippen molar-refractivity contribution in [3.05, 3.63) is 97.1 Å². The van der Waals surface area contributed by atoms with E-state index in [0.29, 0.717) is 43.2 Å². The van der Waals surface area contributed by atoms with Gasteiger partial charge in [0.05, 0.1) is 36.2 Å². The zero-order valence-corrected chi connectivity index (χ0v) is 21.6. The van der Waals surface area contributed by atoms with Crippen LogP contribution in [-0.4, -0.2) is 48.6 Å². The Kier molecular flexibility index (Phi) is 5.09. The van der Waals surface area contributed by atoms with Gasteiger partial charge in [0.2, 0.25) is 0 Å². The first-order chi connectivity index (χ1) is 19.6. The molecule has 1 saturated carbocycles. The van der Waals surface area contributed by atoms with Gasteiger partial charge in [0.25, 0.3) is 0 Å². The van der Waals surface area contributed by atoms with E-state index >= 15 is 0 Å². The Hall–Kier alpha value is -4.57. The van der Waals surface area contributed by atoms with Gasteiger partial charge in [0, 0.05) is 47.9 Å². The Balaban J connectivity index is 1.24. The van der Waals surface area contributed by atoms with Gasteiger partial charge in [-0.3, -0.25) is 9.38 Å². The first kappa shape index (κ1) is 23.3. The van der Waals surface area contributed by atoms with E-state index in [-0.39, 0.29) is 0 Å². The first-order valence-electron chi connectivity index (χ1n) is 13.3. The molecule has 0 bridgehead atoms. The topological polar surface area (TPSA) is 113 Å². The molecule has 0 amide bonds. The van der Waals surface area contributed by atoms with E-state index in [9.17, 15) is 0 Å². The van der Waals surface area contributed by atoms with Crippen molar-refractivity contribution < 1.29 is 9.47 Å². The lowest BCUT2D eigenvalue weighted by Crippen LogP contribution is -2.60. The summed E-state index contributed by atoms with van der Waals surface area (Å²) in [6.07, 6.45) is 8.23. The van der Waals surface area contributed by atoms with Crippen molar-refractivity contribution in [2.75, 3.05) is 13.2 Å². The quantitative estimate of drug-likeness (QED) is 0.349. The number of nitrogens with two attached hydrogens (primary N) is 1. The highest BCUT2D eigenvalue weighted by Crippen LogP contribution is 2.51. The monoisotopic (exact) mass is 527 g/mol. The number of hydrogen-bond donors (Lipinski definition) is 1. The molecular formula is C31H25N7O2. The molecule has 9 heteroatoms. The van der Waals surface area contributed by atoms with Gasteiger partial charge in [-0.25, -0.2) is 9.97 Å². The molecule has 9 nitrogen and oxygen atoms in total. The van der Waals surface area contributed by atoms with Gasteiger partial charge >= 0.3 is 0 Å². The van der Waals surface area contributed by atoms with Crippen LogP contribution in [0, 0.1) is 0 Å². The Morgan fingerprint density at radius 1 is 0.850 bits per heavy atom. The van der Waals surface area contributed by atoms with E-state index in [1.54, 1.807) is 18.6 Å². The first-order valence-corrected chi connectivity index (χ1v) is 13.3. The second kappa shape index (κ2) is 8.72. The fraction of sp³-hybridized carbons (Fsp3) is 0.194. The highest BCUT2D eigenvalue weighted by Gasteiger charge is 2.57. The second-order valence-corrected chi connectivity index (χ2v) is 10.5. The standard InChI is InChI=1S/C31H25N7O2/c32-30(18-31(19-30)39-14-15-40-31)22-8-6-21(7-9-22)27-23(20-4-2-1-3-5-20)16-24-25(35-27)10-13-38-28(24)36-37-29(38)26-17-33-11-12-34-26/h1-13,16-17H,14-15,18-19,32H2. The molecule has 6 aromatic rings. The number of rotatable bonds is 4. The van der Waals surface area contributed by atoms with Crippen LogP contribution in [0.3, 0.4) is 0 Å². The molecule has 2 aliphatic rings. The highest BCUT2D eigenvalue weighted by atomic mass is 16.7. The largest absolute Gasteiger partial charge is 0.347 e. The average Bonchev–Trinajstić information content (AvgIpc) is 3.65. The summed E-state index contributed by atoms with van der Waals surface area (Å²) in [4.78, 5) is 13.7. The molecule has 1 aliphatic heterocycles. The van der Waals surface area contributed by atoms with Crippen LogP contribution in [-0.2, 0) is 15.0 Å². The van der Waals surface area contributed by atoms with Crippen LogP contribution in [0.15, 0.2) is 91.5 Å². The number of aromatic nitrogens is 6. The summed E-state index contributed by atoms with van der Waals surface area (Å²) in [5.74, 6) is 0.126. The summed E-state index contributed by atoms with van der Waals surface area (Å²) in [6, 6.07) is 22.8. The molecule has 4 aromatic heterocycles. The third kappa shape index (κ3) is 3.63. The summed E-state index contributed by atoms with van der Waals surface area (Å²) < 4.78 is 13.6. The molecule has 196 valence electrons. The molecule has 8 rings (SSSR count). The van der Waals surface area contributed by atoms with Crippen LogP contribution >= 0.6 is 0 Å². The molecular weight excluding hydrogens is 502 g/mol. The number of ether oxygens (including phenoxy) is 2. The molecule has 2 N–H and O–H groups in total. The number of hydrogen-bond acceptors (Lipinski definition) is 8. The minimum atomic E-state index is -0.506. The van der Waals surface area contributed by atoms with E-state index in [4.69, 9.17) is 20.2 Å². The number of fused-ring (bicyclic) bond motifs is 3. The predicted molar refractivity (Wildman–Crippen MR) is 150 cm³/mol. The van der Waals surface area contributed by atoms with Crippen LogP contribution in [0.5, 0.6) is 0 Å². The maximum Gasteiger partial charge on any atom is 0.188 e. The minimum Gasteiger partial charge on any atom is -0.347 e. The van der Waals surface area contributed by atoms with Gasteiger partial charge in [-0.15, -0.1) is 10.2 Å². The molecule has 2 fully saturated rings. The highest BCUT2D eigenvalue weighted by molar-refractivity contribution is 5.98. The molecule has 0 atom stereocenters. The number of pyridine rings is 2. The molecule has 0 unspecified atom stereocenters. The summed E-state index contributed by atoms with van der Waals surface area (Å²) in [6.45, 7) is 1.27. The molecule has 5 heterocycles. The molecule has 0 radical (unpaired) electrons. The lowest BCUT2D eigenvalue weighted by molar-refractivity contribution is -0.239. The zero-order valence-electron chi connectivity index (χ0n) is 21.6. The van der Waals surface area contributed by atoms with Crippen molar-refractivity contribution >= 4 is 16.6 Å². The van der Waals surface area contributed by atoms with E-state index in [2.05, 4.69) is 62.6 Å². The van der Waals surface area contributed by atoms with Crippen LogP contribution in [0.1, 0.15) is 18.4 Å². The van der Waals surface area contributed by atoms with Crippen molar-refractivity contribution in [2.24, 2.45) is 5.73 Å². The van der Waals surface area contributed by atoms with E-state index < -0.39 is 11.3 Å². The third-order valence-corrected chi connectivity index (χ3v) is 7.96. The smallest absolute Gasteiger partial charge is 0.188 e. The van der Waals surface area contributed by atoms with Crippen molar-refractivity contribution in [1.82, 2.24) is 29.5 Å². The van der Waals surface area contributed by atoms with Crippen LogP contribution in [0.2, 0.25) is 0 Å². The SMILES string of the molecule is NC1(c2ccc(-c3nc4ccn5c(-c6cnccn6)nnc5c4cc3-c3ccccc3)cc2)CC2(C1)OCCO2. The molecule has 40 heavy (non-hydrogen) atoms. The number of nitrogens with zero attached hydrogens (tertiary/aromatic N) is 6. The maximum atomic E-state index is 6.76. The Labute approximate surface area is 229 Å². The second-order valence-electron chi connectivity index (χ2n) is 10.5. The number of benzene rings is 2. The minimum absolute atomic E-state index is 0.456. The lowest BCUT2D eigenvalue weighted by Gasteiger charge is -2.50. The molecule has 2 aromatic carbocycles. The Morgan fingerprint density at radius 2 is 1.65 bits per heavy atom. The van der Waals surface area contributed by atoms with E-state index in [0.717, 1.165) is 38.9 Å². The van der Waals surface area contributed by atoms with Crippen LogP contribution in [0.4, 0.5) is 0 Å². The van der Waals surface area contributed by atoms with Gasteiger partial charge in [0.1, 0.15) is 5.69 Å². The van der Waals surface area contributed by atoms with Gasteiger partial charge in [-0.2, -0.15) is 0 Å². The van der Waals surface area contributed by atoms with Crippen molar-refractivity contribution in [2.45, 2.75) is 24.2 Å². The van der Waals surface area contributed by atoms with Gasteiger partial charge in [-0.05, 0) is 23.3 Å². The van der Waals surface area contributed by atoms with Crippen molar-refractivity contribution in [3.8, 4) is 33.9 Å². The molecule has 1 saturated heterocycles. The summed E-state index contributed by atoms with van der Waals surface area (Å²) >= 11 is 0. The Bertz CT molecular complexity index is 1860. The Morgan fingerprint density at radius 3 is 2.40 bits per heavy atom. The van der Waals surface area contributed by atoms with Gasteiger partial charge in [-0.1, -0.05) is 54.6 Å².